The van der Waals surface area contributed by atoms with Crippen LogP contribution >= 0.6 is 15.9 Å². The molecule has 18 heavy (non-hydrogen) atoms. The number of nitrogens with one attached hydrogen (secondary N) is 1. The van der Waals surface area contributed by atoms with Crippen LogP contribution in [-0.4, -0.2) is 6.04 Å². The van der Waals surface area contributed by atoms with Crippen molar-refractivity contribution in [1.82, 2.24) is 5.32 Å². The molecule has 0 amide bonds. The Labute approximate surface area is 115 Å². The second-order valence-corrected chi connectivity index (χ2v) is 5.59. The fraction of sp³-hybridized carbons (Fsp3) is 0.500. The number of benzene rings is 1. The van der Waals surface area contributed by atoms with Gasteiger partial charge in [0.2, 0.25) is 0 Å². The van der Waals surface area contributed by atoms with Gasteiger partial charge in [-0.3, -0.25) is 5.32 Å². The Morgan fingerprint density at radius 3 is 2.67 bits per heavy atom. The van der Waals surface area contributed by atoms with Crippen molar-refractivity contribution in [3.63, 3.8) is 0 Å². The third kappa shape index (κ3) is 3.30. The van der Waals surface area contributed by atoms with Crippen molar-refractivity contribution in [2.45, 2.75) is 44.2 Å². The molecule has 0 heterocycles. The Balaban J connectivity index is 2.07. The zero-order valence-corrected chi connectivity index (χ0v) is 11.7. The van der Waals surface area contributed by atoms with Gasteiger partial charge in [-0.2, -0.15) is 5.26 Å². The van der Waals surface area contributed by atoms with Crippen molar-refractivity contribution in [3.8, 4) is 6.07 Å². The van der Waals surface area contributed by atoms with Gasteiger partial charge in [-0.25, -0.2) is 4.39 Å². The maximum atomic E-state index is 13.5. The van der Waals surface area contributed by atoms with Crippen molar-refractivity contribution in [1.29, 1.82) is 5.26 Å². The van der Waals surface area contributed by atoms with Crippen LogP contribution < -0.4 is 5.32 Å². The number of rotatable bonds is 3. The summed E-state index contributed by atoms with van der Waals surface area (Å²) in [7, 11) is 0. The van der Waals surface area contributed by atoms with Gasteiger partial charge in [-0.05, 0) is 46.5 Å². The minimum atomic E-state index is -0.421. The van der Waals surface area contributed by atoms with Crippen LogP contribution in [0.2, 0.25) is 0 Å². The molecule has 1 aromatic carbocycles. The first-order chi connectivity index (χ1) is 8.70. The minimum Gasteiger partial charge on any atom is -0.295 e. The molecule has 2 rings (SSSR count). The lowest BCUT2D eigenvalue weighted by atomic mass is 9.94. The van der Waals surface area contributed by atoms with Gasteiger partial charge in [0.1, 0.15) is 11.9 Å². The third-order valence-electron chi connectivity index (χ3n) is 3.41. The summed E-state index contributed by atoms with van der Waals surface area (Å²) < 4.78 is 13.9. The maximum absolute atomic E-state index is 13.5. The van der Waals surface area contributed by atoms with Crippen LogP contribution in [0.25, 0.3) is 0 Å². The van der Waals surface area contributed by atoms with Crippen LogP contribution in [0.4, 0.5) is 4.39 Å². The molecule has 1 aliphatic carbocycles. The number of nitrogens with zero attached hydrogens (tertiary/aromatic N) is 1. The smallest absolute Gasteiger partial charge is 0.137 e. The molecule has 1 atom stereocenters. The van der Waals surface area contributed by atoms with E-state index in [1.807, 2.05) is 0 Å². The Bertz CT molecular complexity index is 450. The van der Waals surface area contributed by atoms with E-state index in [4.69, 9.17) is 0 Å². The quantitative estimate of drug-likeness (QED) is 0.913. The van der Waals surface area contributed by atoms with E-state index in [0.717, 1.165) is 12.8 Å². The van der Waals surface area contributed by atoms with Crippen molar-refractivity contribution < 1.29 is 4.39 Å². The maximum Gasteiger partial charge on any atom is 0.137 e. The highest BCUT2D eigenvalue weighted by atomic mass is 79.9. The molecular weight excluding hydrogens is 295 g/mol. The molecule has 96 valence electrons. The normalized spacial score (nSPS) is 18.3. The van der Waals surface area contributed by atoms with Crippen LogP contribution in [0.15, 0.2) is 22.7 Å². The molecule has 0 radical (unpaired) electrons. The number of nitriles is 1. The number of halogens is 2. The Morgan fingerprint density at radius 2 is 2.06 bits per heavy atom. The molecule has 0 bridgehead atoms. The van der Waals surface area contributed by atoms with Gasteiger partial charge >= 0.3 is 0 Å². The predicted octanol–water partition coefficient (Wildman–Crippen LogP) is 4.08. The lowest BCUT2D eigenvalue weighted by molar-refractivity contribution is 0.359. The lowest BCUT2D eigenvalue weighted by Gasteiger charge is -2.25. The third-order valence-corrected chi connectivity index (χ3v) is 4.06. The highest BCUT2D eigenvalue weighted by Gasteiger charge is 2.19. The molecule has 1 aromatic rings. The first-order valence-electron chi connectivity index (χ1n) is 6.31. The van der Waals surface area contributed by atoms with Gasteiger partial charge in [0.05, 0.1) is 10.5 Å². The monoisotopic (exact) mass is 310 g/mol. The van der Waals surface area contributed by atoms with Crippen LogP contribution in [0.1, 0.15) is 43.7 Å². The highest BCUT2D eigenvalue weighted by molar-refractivity contribution is 9.10. The highest BCUT2D eigenvalue weighted by Crippen LogP contribution is 2.24. The largest absolute Gasteiger partial charge is 0.295 e. The first kappa shape index (κ1) is 13.5. The van der Waals surface area contributed by atoms with E-state index >= 15 is 0 Å². The zero-order valence-electron chi connectivity index (χ0n) is 10.1. The predicted molar refractivity (Wildman–Crippen MR) is 72.5 cm³/mol. The molecule has 0 aromatic heterocycles. The zero-order chi connectivity index (χ0) is 13.0. The average Bonchev–Trinajstić information content (AvgIpc) is 2.40. The van der Waals surface area contributed by atoms with E-state index in [0.29, 0.717) is 16.1 Å². The SMILES string of the molecule is N#CC(NC1CCCCC1)c1ccc(Br)c(F)c1. The van der Waals surface area contributed by atoms with E-state index < -0.39 is 6.04 Å². The fourth-order valence-corrected chi connectivity index (χ4v) is 2.65. The van der Waals surface area contributed by atoms with Gasteiger partial charge in [0, 0.05) is 6.04 Å². The van der Waals surface area contributed by atoms with Crippen molar-refractivity contribution in [2.75, 3.05) is 0 Å². The Morgan fingerprint density at radius 1 is 1.33 bits per heavy atom. The topological polar surface area (TPSA) is 35.8 Å². The summed E-state index contributed by atoms with van der Waals surface area (Å²) in [5.74, 6) is -0.321. The van der Waals surface area contributed by atoms with E-state index in [1.165, 1.54) is 25.3 Å². The molecular formula is C14H16BrFN2. The molecule has 1 unspecified atom stereocenters. The summed E-state index contributed by atoms with van der Waals surface area (Å²) in [6.45, 7) is 0. The van der Waals surface area contributed by atoms with Crippen LogP contribution in [0.5, 0.6) is 0 Å². The van der Waals surface area contributed by atoms with Crippen molar-refractivity contribution in [2.24, 2.45) is 0 Å². The minimum absolute atomic E-state index is 0.321. The molecule has 1 N–H and O–H groups in total. The van der Waals surface area contributed by atoms with Crippen molar-refractivity contribution >= 4 is 15.9 Å². The van der Waals surface area contributed by atoms with Gasteiger partial charge in [-0.1, -0.05) is 25.3 Å². The second-order valence-electron chi connectivity index (χ2n) is 4.74. The van der Waals surface area contributed by atoms with Gasteiger partial charge in [0.25, 0.3) is 0 Å². The molecule has 0 spiro atoms. The summed E-state index contributed by atoms with van der Waals surface area (Å²) in [4.78, 5) is 0. The summed E-state index contributed by atoms with van der Waals surface area (Å²) >= 11 is 3.12. The Hall–Kier alpha value is -0.920. The summed E-state index contributed by atoms with van der Waals surface area (Å²) in [6, 6.07) is 7.05. The fourth-order valence-electron chi connectivity index (χ4n) is 2.40. The molecule has 1 aliphatic rings. The molecule has 2 nitrogen and oxygen atoms in total. The van der Waals surface area contributed by atoms with Crippen LogP contribution in [0.3, 0.4) is 0 Å². The van der Waals surface area contributed by atoms with Gasteiger partial charge in [-0.15, -0.1) is 0 Å². The summed E-state index contributed by atoms with van der Waals surface area (Å²) in [5.41, 5.74) is 0.698. The molecule has 4 heteroatoms. The van der Waals surface area contributed by atoms with Gasteiger partial charge < -0.3 is 0 Å². The van der Waals surface area contributed by atoms with E-state index in [1.54, 1.807) is 12.1 Å². The summed E-state index contributed by atoms with van der Waals surface area (Å²) in [6.07, 6.45) is 5.92. The van der Waals surface area contributed by atoms with E-state index in [-0.39, 0.29) is 5.82 Å². The lowest BCUT2D eigenvalue weighted by Crippen LogP contribution is -2.33. The van der Waals surface area contributed by atoms with Crippen molar-refractivity contribution in [3.05, 3.63) is 34.1 Å². The molecule has 0 aliphatic heterocycles. The summed E-state index contributed by atoms with van der Waals surface area (Å²) in [5, 5.41) is 12.5. The van der Waals surface area contributed by atoms with Crippen LogP contribution in [0, 0.1) is 17.1 Å². The number of hydrogen-bond acceptors (Lipinski definition) is 2. The van der Waals surface area contributed by atoms with Gasteiger partial charge in [0.15, 0.2) is 0 Å². The average molecular weight is 311 g/mol. The standard InChI is InChI=1S/C14H16BrFN2/c15-12-7-6-10(8-13(12)16)14(9-17)18-11-4-2-1-3-5-11/h6-8,11,14,18H,1-5H2. The Kier molecular flexibility index (Phi) is 4.73. The molecule has 1 fully saturated rings. The number of hydrogen-bond donors (Lipinski definition) is 1. The van der Waals surface area contributed by atoms with Crippen LogP contribution in [-0.2, 0) is 0 Å². The first-order valence-corrected chi connectivity index (χ1v) is 7.10. The molecule has 1 saturated carbocycles. The van der Waals surface area contributed by atoms with E-state index in [9.17, 15) is 9.65 Å². The molecule has 0 saturated heterocycles. The van der Waals surface area contributed by atoms with E-state index in [2.05, 4.69) is 27.3 Å². The second kappa shape index (κ2) is 6.31.